The standard InChI is InChI=1S/C23H27N5O3/c1-26-9-7-14(8-10-26)21-18(12-24-27(21)2)15-3-4-17-16(11-15)13-28(23(17)31)19-5-6-20(29)25-22(19)30/h3-4,11-12,14,19H,5-10,13H2,1-2H3,(H,25,29,30). The highest BCUT2D eigenvalue weighted by molar-refractivity contribution is 6.05. The van der Waals surface area contributed by atoms with Gasteiger partial charge in [0.05, 0.1) is 6.20 Å². The van der Waals surface area contributed by atoms with E-state index in [9.17, 15) is 14.4 Å². The number of aromatic nitrogens is 2. The summed E-state index contributed by atoms with van der Waals surface area (Å²) < 4.78 is 1.99. The van der Waals surface area contributed by atoms with Gasteiger partial charge in [-0.05, 0) is 62.7 Å². The molecule has 1 N–H and O–H groups in total. The summed E-state index contributed by atoms with van der Waals surface area (Å²) in [6.45, 7) is 2.54. The normalized spacial score (nSPS) is 22.7. The molecule has 8 heteroatoms. The Hall–Kier alpha value is -3.00. The SMILES string of the molecule is CN1CCC(c2c(-c3ccc4c(c3)CN(C3CCC(=O)NC3=O)C4=O)cnn2C)CC1. The number of imide groups is 1. The molecule has 5 rings (SSSR count). The molecule has 2 saturated heterocycles. The van der Waals surface area contributed by atoms with Gasteiger partial charge in [-0.3, -0.25) is 24.4 Å². The third kappa shape index (κ3) is 3.44. The van der Waals surface area contributed by atoms with Crippen LogP contribution in [0.4, 0.5) is 0 Å². The van der Waals surface area contributed by atoms with Crippen molar-refractivity contribution in [1.82, 2.24) is 24.9 Å². The molecule has 1 aromatic carbocycles. The molecule has 4 heterocycles. The Kier molecular flexibility index (Phi) is 4.89. The number of fused-ring (bicyclic) bond motifs is 1. The zero-order valence-corrected chi connectivity index (χ0v) is 17.9. The van der Waals surface area contributed by atoms with Crippen molar-refractivity contribution >= 4 is 17.7 Å². The molecular weight excluding hydrogens is 394 g/mol. The molecule has 0 spiro atoms. The molecule has 2 fully saturated rings. The van der Waals surface area contributed by atoms with Crippen molar-refractivity contribution < 1.29 is 14.4 Å². The van der Waals surface area contributed by atoms with Gasteiger partial charge in [-0.25, -0.2) is 0 Å². The van der Waals surface area contributed by atoms with E-state index in [1.54, 1.807) is 4.90 Å². The minimum absolute atomic E-state index is 0.141. The second-order valence-corrected chi connectivity index (χ2v) is 8.92. The number of amides is 3. The topological polar surface area (TPSA) is 87.5 Å². The van der Waals surface area contributed by atoms with E-state index >= 15 is 0 Å². The van der Waals surface area contributed by atoms with Gasteiger partial charge >= 0.3 is 0 Å². The van der Waals surface area contributed by atoms with Crippen LogP contribution in [0.2, 0.25) is 0 Å². The van der Waals surface area contributed by atoms with E-state index in [4.69, 9.17) is 0 Å². The maximum Gasteiger partial charge on any atom is 0.255 e. The summed E-state index contributed by atoms with van der Waals surface area (Å²) in [5.74, 6) is -0.327. The monoisotopic (exact) mass is 421 g/mol. The zero-order chi connectivity index (χ0) is 21.7. The lowest BCUT2D eigenvalue weighted by atomic mass is 9.89. The van der Waals surface area contributed by atoms with Crippen LogP contribution >= 0.6 is 0 Å². The summed E-state index contributed by atoms with van der Waals surface area (Å²) in [6.07, 6.45) is 4.77. The second-order valence-electron chi connectivity index (χ2n) is 8.92. The van der Waals surface area contributed by atoms with Crippen molar-refractivity contribution in [3.05, 3.63) is 41.2 Å². The van der Waals surface area contributed by atoms with E-state index in [-0.39, 0.29) is 24.1 Å². The molecule has 1 atom stereocenters. The van der Waals surface area contributed by atoms with Gasteiger partial charge in [0.25, 0.3) is 5.91 Å². The number of aryl methyl sites for hydroxylation is 1. The van der Waals surface area contributed by atoms with Crippen LogP contribution in [-0.4, -0.2) is 63.5 Å². The molecule has 3 amide bonds. The fourth-order valence-corrected chi connectivity index (χ4v) is 5.18. The molecular formula is C23H27N5O3. The molecule has 0 bridgehead atoms. The number of carbonyl (C=O) groups is 3. The van der Waals surface area contributed by atoms with Crippen LogP contribution in [0.5, 0.6) is 0 Å². The minimum atomic E-state index is -0.589. The van der Waals surface area contributed by atoms with Crippen molar-refractivity contribution in [2.45, 2.75) is 44.2 Å². The van der Waals surface area contributed by atoms with Gasteiger partial charge in [0, 0.05) is 42.8 Å². The van der Waals surface area contributed by atoms with E-state index in [1.807, 2.05) is 30.1 Å². The molecule has 0 radical (unpaired) electrons. The minimum Gasteiger partial charge on any atom is -0.322 e. The second kappa shape index (κ2) is 7.60. The van der Waals surface area contributed by atoms with E-state index in [1.165, 1.54) is 5.69 Å². The Morgan fingerprint density at radius 1 is 1.03 bits per heavy atom. The highest BCUT2D eigenvalue weighted by atomic mass is 16.2. The van der Waals surface area contributed by atoms with Gasteiger partial charge in [-0.2, -0.15) is 5.10 Å². The molecule has 2 aromatic rings. The number of carbonyl (C=O) groups excluding carboxylic acids is 3. The first-order chi connectivity index (χ1) is 14.9. The van der Waals surface area contributed by atoms with Crippen molar-refractivity contribution in [3.8, 4) is 11.1 Å². The fourth-order valence-electron chi connectivity index (χ4n) is 5.18. The Balaban J connectivity index is 1.43. The van der Waals surface area contributed by atoms with Crippen molar-refractivity contribution in [3.63, 3.8) is 0 Å². The Morgan fingerprint density at radius 3 is 2.55 bits per heavy atom. The number of nitrogens with one attached hydrogen (secondary N) is 1. The lowest BCUT2D eigenvalue weighted by Gasteiger charge is -2.29. The maximum atomic E-state index is 13.0. The number of rotatable bonds is 3. The molecule has 8 nitrogen and oxygen atoms in total. The lowest BCUT2D eigenvalue weighted by Crippen LogP contribution is -2.52. The first-order valence-electron chi connectivity index (χ1n) is 10.9. The summed E-state index contributed by atoms with van der Waals surface area (Å²) in [6, 6.07) is 5.33. The number of hydrogen-bond acceptors (Lipinski definition) is 5. The van der Waals surface area contributed by atoms with Crippen molar-refractivity contribution in [1.29, 1.82) is 0 Å². The predicted molar refractivity (Wildman–Crippen MR) is 114 cm³/mol. The van der Waals surface area contributed by atoms with Crippen molar-refractivity contribution in [2.75, 3.05) is 20.1 Å². The Morgan fingerprint density at radius 2 is 1.81 bits per heavy atom. The molecule has 0 aliphatic carbocycles. The van der Waals surface area contributed by atoms with Crippen LogP contribution in [0.1, 0.15) is 53.2 Å². The first-order valence-corrected chi connectivity index (χ1v) is 10.9. The summed E-state index contributed by atoms with van der Waals surface area (Å²) in [5, 5.41) is 6.90. The average Bonchev–Trinajstić information content (AvgIpc) is 3.28. The number of likely N-dealkylation sites (tertiary alicyclic amines) is 1. The summed E-state index contributed by atoms with van der Waals surface area (Å²) in [4.78, 5) is 40.7. The van der Waals surface area contributed by atoms with Crippen LogP contribution in [-0.2, 0) is 23.2 Å². The van der Waals surface area contributed by atoms with Gasteiger partial charge in [0.2, 0.25) is 11.8 Å². The molecule has 1 unspecified atom stereocenters. The lowest BCUT2D eigenvalue weighted by molar-refractivity contribution is -0.136. The highest BCUT2D eigenvalue weighted by Gasteiger charge is 2.39. The zero-order valence-electron chi connectivity index (χ0n) is 17.9. The number of benzene rings is 1. The van der Waals surface area contributed by atoms with Crippen molar-refractivity contribution in [2.24, 2.45) is 7.05 Å². The van der Waals surface area contributed by atoms with Crippen LogP contribution in [0.25, 0.3) is 11.1 Å². The van der Waals surface area contributed by atoms with Crippen LogP contribution in [0.15, 0.2) is 24.4 Å². The molecule has 3 aliphatic rings. The quantitative estimate of drug-likeness (QED) is 0.762. The molecule has 1 aromatic heterocycles. The van der Waals surface area contributed by atoms with Gasteiger partial charge in [0.15, 0.2) is 0 Å². The van der Waals surface area contributed by atoms with E-state index in [2.05, 4.69) is 28.4 Å². The third-order valence-electron chi connectivity index (χ3n) is 6.92. The van der Waals surface area contributed by atoms with Gasteiger partial charge in [-0.1, -0.05) is 6.07 Å². The fraction of sp³-hybridized carbons (Fsp3) is 0.478. The molecule has 3 aliphatic heterocycles. The summed E-state index contributed by atoms with van der Waals surface area (Å²) in [5.41, 5.74) is 4.98. The van der Waals surface area contributed by atoms with Crippen LogP contribution < -0.4 is 5.32 Å². The summed E-state index contributed by atoms with van der Waals surface area (Å²) >= 11 is 0. The smallest absolute Gasteiger partial charge is 0.255 e. The Bertz CT molecular complexity index is 1070. The van der Waals surface area contributed by atoms with Gasteiger partial charge in [-0.15, -0.1) is 0 Å². The molecule has 162 valence electrons. The predicted octanol–water partition coefficient (Wildman–Crippen LogP) is 1.66. The van der Waals surface area contributed by atoms with E-state index < -0.39 is 6.04 Å². The maximum absolute atomic E-state index is 13.0. The van der Waals surface area contributed by atoms with Gasteiger partial charge in [0.1, 0.15) is 6.04 Å². The first kappa shape index (κ1) is 19.9. The number of nitrogens with zero attached hydrogens (tertiary/aromatic N) is 4. The van der Waals surface area contributed by atoms with Crippen LogP contribution in [0, 0.1) is 0 Å². The number of piperidine rings is 2. The molecule has 0 saturated carbocycles. The van der Waals surface area contributed by atoms with Crippen LogP contribution in [0.3, 0.4) is 0 Å². The van der Waals surface area contributed by atoms with E-state index in [0.29, 0.717) is 24.4 Å². The van der Waals surface area contributed by atoms with E-state index in [0.717, 1.165) is 42.6 Å². The summed E-state index contributed by atoms with van der Waals surface area (Å²) in [7, 11) is 4.16. The molecule has 31 heavy (non-hydrogen) atoms. The average molecular weight is 422 g/mol. The largest absolute Gasteiger partial charge is 0.322 e. The third-order valence-corrected chi connectivity index (χ3v) is 6.92. The van der Waals surface area contributed by atoms with Gasteiger partial charge < -0.3 is 9.80 Å². The number of hydrogen-bond donors (Lipinski definition) is 1. The Labute approximate surface area is 181 Å². The highest BCUT2D eigenvalue weighted by Crippen LogP contribution is 2.37.